The van der Waals surface area contributed by atoms with Crippen LogP contribution in [-0.2, 0) is 9.59 Å². The van der Waals surface area contributed by atoms with Gasteiger partial charge in [-0.05, 0) is 43.4 Å². The van der Waals surface area contributed by atoms with Crippen LogP contribution in [-0.4, -0.2) is 47.3 Å². The van der Waals surface area contributed by atoms with E-state index in [1.807, 2.05) is 4.90 Å². The fourth-order valence-corrected chi connectivity index (χ4v) is 5.28. The van der Waals surface area contributed by atoms with Crippen molar-refractivity contribution in [1.82, 2.24) is 9.80 Å². The van der Waals surface area contributed by atoms with Crippen molar-refractivity contribution in [3.8, 4) is 0 Å². The van der Waals surface area contributed by atoms with Gasteiger partial charge in [0.05, 0.1) is 5.92 Å². The fraction of sp³-hybridized carbons (Fsp3) is 0.905. The standard InChI is InChI=1S/C21H36N2O2/c1-15(2)18-9-8-16(3)12-19(18)23-14-17(13-20(23)24)21(25)22-10-6-4-5-7-11-22/h15-19H,4-14H2,1-3H3. The topological polar surface area (TPSA) is 40.6 Å². The van der Waals surface area contributed by atoms with Crippen LogP contribution in [0.3, 0.4) is 0 Å². The molecule has 25 heavy (non-hydrogen) atoms. The summed E-state index contributed by atoms with van der Waals surface area (Å²) < 4.78 is 0. The zero-order valence-corrected chi connectivity index (χ0v) is 16.4. The smallest absolute Gasteiger partial charge is 0.227 e. The number of rotatable bonds is 3. The van der Waals surface area contributed by atoms with Gasteiger partial charge in [-0.2, -0.15) is 0 Å². The predicted molar refractivity (Wildman–Crippen MR) is 100.0 cm³/mol. The highest BCUT2D eigenvalue weighted by atomic mass is 16.2. The summed E-state index contributed by atoms with van der Waals surface area (Å²) in [5, 5.41) is 0. The van der Waals surface area contributed by atoms with Crippen LogP contribution in [0.15, 0.2) is 0 Å². The highest BCUT2D eigenvalue weighted by molar-refractivity contribution is 5.89. The first kappa shape index (κ1) is 18.7. The molecule has 0 radical (unpaired) electrons. The Hall–Kier alpha value is -1.06. The average molecular weight is 349 g/mol. The van der Waals surface area contributed by atoms with E-state index in [-0.39, 0.29) is 17.7 Å². The van der Waals surface area contributed by atoms with E-state index in [9.17, 15) is 9.59 Å². The van der Waals surface area contributed by atoms with Crippen LogP contribution in [0.5, 0.6) is 0 Å². The lowest BCUT2D eigenvalue weighted by atomic mass is 9.73. The summed E-state index contributed by atoms with van der Waals surface area (Å²) >= 11 is 0. The summed E-state index contributed by atoms with van der Waals surface area (Å²) in [6.07, 6.45) is 8.74. The lowest BCUT2D eigenvalue weighted by molar-refractivity contribution is -0.135. The van der Waals surface area contributed by atoms with Crippen molar-refractivity contribution in [2.45, 2.75) is 78.2 Å². The van der Waals surface area contributed by atoms with Gasteiger partial charge in [0.15, 0.2) is 0 Å². The number of carbonyl (C=O) groups is 2. The Morgan fingerprint density at radius 2 is 1.76 bits per heavy atom. The normalized spacial score (nSPS) is 34.5. The number of carbonyl (C=O) groups excluding carboxylic acids is 2. The van der Waals surface area contributed by atoms with Crippen LogP contribution >= 0.6 is 0 Å². The molecule has 4 unspecified atom stereocenters. The van der Waals surface area contributed by atoms with E-state index >= 15 is 0 Å². The Morgan fingerprint density at radius 3 is 2.40 bits per heavy atom. The number of likely N-dealkylation sites (tertiary alicyclic amines) is 2. The van der Waals surface area contributed by atoms with Gasteiger partial charge < -0.3 is 9.80 Å². The first-order chi connectivity index (χ1) is 12.0. The molecule has 3 rings (SSSR count). The molecule has 0 N–H and O–H groups in total. The monoisotopic (exact) mass is 348 g/mol. The zero-order chi connectivity index (χ0) is 18.0. The molecule has 3 aliphatic rings. The van der Waals surface area contributed by atoms with Gasteiger partial charge in [0.25, 0.3) is 0 Å². The molecule has 2 aliphatic heterocycles. The maximum absolute atomic E-state index is 13.0. The van der Waals surface area contributed by atoms with Crippen molar-refractivity contribution in [1.29, 1.82) is 0 Å². The molecule has 2 heterocycles. The van der Waals surface area contributed by atoms with Crippen molar-refractivity contribution < 1.29 is 9.59 Å². The van der Waals surface area contributed by atoms with Crippen LogP contribution in [0.25, 0.3) is 0 Å². The van der Waals surface area contributed by atoms with Crippen molar-refractivity contribution >= 4 is 11.8 Å². The highest BCUT2D eigenvalue weighted by Crippen LogP contribution is 2.39. The summed E-state index contributed by atoms with van der Waals surface area (Å²) in [6, 6.07) is 0.346. The molecule has 1 saturated carbocycles. The average Bonchev–Trinajstić information content (AvgIpc) is 2.79. The lowest BCUT2D eigenvalue weighted by Gasteiger charge is -2.42. The summed E-state index contributed by atoms with van der Waals surface area (Å²) in [5.74, 6) is 2.24. The fourth-order valence-electron chi connectivity index (χ4n) is 5.28. The molecule has 4 heteroatoms. The van der Waals surface area contributed by atoms with Gasteiger partial charge in [-0.1, -0.05) is 40.0 Å². The molecule has 142 valence electrons. The van der Waals surface area contributed by atoms with Gasteiger partial charge >= 0.3 is 0 Å². The van der Waals surface area contributed by atoms with Gasteiger partial charge in [0.1, 0.15) is 0 Å². The number of amides is 2. The van der Waals surface area contributed by atoms with E-state index in [4.69, 9.17) is 0 Å². The molecule has 0 aromatic carbocycles. The van der Waals surface area contributed by atoms with Crippen LogP contribution in [0.4, 0.5) is 0 Å². The number of nitrogens with zero attached hydrogens (tertiary/aromatic N) is 2. The van der Waals surface area contributed by atoms with E-state index in [0.717, 1.165) is 32.4 Å². The van der Waals surface area contributed by atoms with Crippen LogP contribution < -0.4 is 0 Å². The molecule has 0 bridgehead atoms. The van der Waals surface area contributed by atoms with Crippen LogP contribution in [0.2, 0.25) is 0 Å². The van der Waals surface area contributed by atoms with Gasteiger partial charge in [-0.25, -0.2) is 0 Å². The summed E-state index contributed by atoms with van der Waals surface area (Å²) in [5.41, 5.74) is 0. The quantitative estimate of drug-likeness (QED) is 0.780. The molecule has 1 aliphatic carbocycles. The zero-order valence-electron chi connectivity index (χ0n) is 16.4. The van der Waals surface area contributed by atoms with E-state index in [1.54, 1.807) is 0 Å². The van der Waals surface area contributed by atoms with Crippen molar-refractivity contribution in [3.63, 3.8) is 0 Å². The molecule has 4 atom stereocenters. The molecule has 4 nitrogen and oxygen atoms in total. The van der Waals surface area contributed by atoms with Gasteiger partial charge in [-0.3, -0.25) is 9.59 Å². The third-order valence-corrected chi connectivity index (χ3v) is 6.81. The third-order valence-electron chi connectivity index (χ3n) is 6.81. The Kier molecular flexibility index (Phi) is 6.06. The SMILES string of the molecule is CC1CCC(C(C)C)C(N2CC(C(=O)N3CCCCCC3)CC2=O)C1. The first-order valence-electron chi connectivity index (χ1n) is 10.6. The second-order valence-electron chi connectivity index (χ2n) is 9.08. The molecule has 2 saturated heterocycles. The van der Waals surface area contributed by atoms with E-state index in [1.165, 1.54) is 25.7 Å². The van der Waals surface area contributed by atoms with Crippen molar-refractivity contribution in [2.24, 2.45) is 23.7 Å². The maximum atomic E-state index is 13.0. The Morgan fingerprint density at radius 1 is 1.08 bits per heavy atom. The van der Waals surface area contributed by atoms with E-state index in [0.29, 0.717) is 36.8 Å². The molecule has 0 aromatic rings. The molecule has 0 aromatic heterocycles. The van der Waals surface area contributed by atoms with Gasteiger partial charge in [0.2, 0.25) is 11.8 Å². The minimum atomic E-state index is -0.101. The minimum absolute atomic E-state index is 0.101. The van der Waals surface area contributed by atoms with E-state index in [2.05, 4.69) is 25.7 Å². The highest BCUT2D eigenvalue weighted by Gasteiger charge is 2.43. The van der Waals surface area contributed by atoms with Crippen molar-refractivity contribution in [2.75, 3.05) is 19.6 Å². The molecule has 0 spiro atoms. The Bertz CT molecular complexity index is 482. The third kappa shape index (κ3) is 4.20. The van der Waals surface area contributed by atoms with Crippen LogP contribution in [0.1, 0.15) is 72.1 Å². The van der Waals surface area contributed by atoms with Crippen molar-refractivity contribution in [3.05, 3.63) is 0 Å². The molecule has 3 fully saturated rings. The van der Waals surface area contributed by atoms with E-state index < -0.39 is 0 Å². The summed E-state index contributed by atoms with van der Waals surface area (Å²) in [7, 11) is 0. The Labute approximate surface area is 153 Å². The molecular weight excluding hydrogens is 312 g/mol. The number of hydrogen-bond donors (Lipinski definition) is 0. The minimum Gasteiger partial charge on any atom is -0.342 e. The van der Waals surface area contributed by atoms with Gasteiger partial charge in [0, 0.05) is 32.1 Å². The predicted octanol–water partition coefficient (Wildman–Crippen LogP) is 3.70. The number of hydrogen-bond acceptors (Lipinski definition) is 2. The maximum Gasteiger partial charge on any atom is 0.227 e. The van der Waals surface area contributed by atoms with Gasteiger partial charge in [-0.15, -0.1) is 0 Å². The second-order valence-corrected chi connectivity index (χ2v) is 9.08. The van der Waals surface area contributed by atoms with Crippen LogP contribution in [0, 0.1) is 23.7 Å². The second kappa shape index (κ2) is 8.09. The Balaban J connectivity index is 1.67. The molecular formula is C21H36N2O2. The first-order valence-corrected chi connectivity index (χ1v) is 10.6. The largest absolute Gasteiger partial charge is 0.342 e. The molecule has 2 amide bonds. The lowest BCUT2D eigenvalue weighted by Crippen LogP contribution is -2.47. The summed E-state index contributed by atoms with van der Waals surface area (Å²) in [6.45, 7) is 9.32. The summed E-state index contributed by atoms with van der Waals surface area (Å²) in [4.78, 5) is 29.9.